The number of hydrogen-bond acceptors (Lipinski definition) is 6. The fourth-order valence-corrected chi connectivity index (χ4v) is 2.19. The van der Waals surface area contributed by atoms with Gasteiger partial charge in [0.15, 0.2) is 0 Å². The number of benzene rings is 1. The van der Waals surface area contributed by atoms with E-state index in [0.29, 0.717) is 5.75 Å². The lowest BCUT2D eigenvalue weighted by atomic mass is 9.86. The predicted octanol–water partition coefficient (Wildman–Crippen LogP) is 2.23. The van der Waals surface area contributed by atoms with Gasteiger partial charge in [0.25, 0.3) is 0 Å². The number of aliphatic hydroxyl groups excluding tert-OH is 1. The molecular formula is C16H22N4O4. The van der Waals surface area contributed by atoms with Crippen molar-refractivity contribution in [2.24, 2.45) is 0 Å². The van der Waals surface area contributed by atoms with Crippen molar-refractivity contribution < 1.29 is 14.8 Å². The van der Waals surface area contributed by atoms with E-state index in [1.165, 1.54) is 16.6 Å². The molecule has 1 atom stereocenters. The molecule has 0 radical (unpaired) electrons. The molecule has 1 unspecified atom stereocenters. The largest absolute Gasteiger partial charge is 0.491 e. The number of rotatable bonds is 6. The average Bonchev–Trinajstić information content (AvgIpc) is 2.93. The van der Waals surface area contributed by atoms with Crippen LogP contribution in [-0.2, 0) is 12.0 Å². The first kappa shape index (κ1) is 17.9. The van der Waals surface area contributed by atoms with E-state index in [1.54, 1.807) is 0 Å². The van der Waals surface area contributed by atoms with Gasteiger partial charge >= 0.3 is 5.95 Å². The van der Waals surface area contributed by atoms with Gasteiger partial charge in [-0.2, -0.15) is 4.68 Å². The zero-order valence-electron chi connectivity index (χ0n) is 14.3. The predicted molar refractivity (Wildman–Crippen MR) is 88.1 cm³/mol. The number of aryl methyl sites for hydroxylation is 1. The topological polar surface area (TPSA) is 103 Å². The second-order valence-electron chi connectivity index (χ2n) is 6.72. The summed E-state index contributed by atoms with van der Waals surface area (Å²) in [4.78, 5) is 13.4. The van der Waals surface area contributed by atoms with Crippen LogP contribution in [0.3, 0.4) is 0 Å². The van der Waals surface area contributed by atoms with E-state index in [0.717, 1.165) is 5.56 Å². The first-order chi connectivity index (χ1) is 11.2. The Morgan fingerprint density at radius 2 is 2.12 bits per heavy atom. The van der Waals surface area contributed by atoms with Gasteiger partial charge in [-0.05, 0) is 34.5 Å². The molecule has 1 aromatic carbocycles. The molecule has 0 spiro atoms. The van der Waals surface area contributed by atoms with Crippen LogP contribution in [-0.4, -0.2) is 37.5 Å². The summed E-state index contributed by atoms with van der Waals surface area (Å²) in [6, 6.07) is 5.97. The molecule has 0 aliphatic heterocycles. The number of ether oxygens (including phenoxy) is 1. The maximum Gasteiger partial charge on any atom is 0.490 e. The highest BCUT2D eigenvalue weighted by Gasteiger charge is 2.17. The van der Waals surface area contributed by atoms with Crippen LogP contribution < -0.4 is 4.74 Å². The number of nitro groups is 1. The van der Waals surface area contributed by atoms with Gasteiger partial charge in [-0.25, -0.2) is 0 Å². The zero-order chi connectivity index (χ0) is 17.9. The van der Waals surface area contributed by atoms with Gasteiger partial charge in [0, 0.05) is 5.10 Å². The van der Waals surface area contributed by atoms with E-state index in [4.69, 9.17) is 4.74 Å². The minimum Gasteiger partial charge on any atom is -0.491 e. The number of nitrogens with zero attached hydrogens (tertiary/aromatic N) is 4. The molecule has 0 fully saturated rings. The van der Waals surface area contributed by atoms with Crippen LogP contribution in [0.15, 0.2) is 24.5 Å². The summed E-state index contributed by atoms with van der Waals surface area (Å²) in [6.07, 6.45) is 0.359. The Hall–Kier alpha value is -2.48. The van der Waals surface area contributed by atoms with Crippen molar-refractivity contribution in [1.29, 1.82) is 0 Å². The fourth-order valence-electron chi connectivity index (χ4n) is 2.19. The number of aliphatic hydroxyl groups is 1. The van der Waals surface area contributed by atoms with Crippen molar-refractivity contribution in [1.82, 2.24) is 14.8 Å². The Morgan fingerprint density at radius 1 is 1.42 bits per heavy atom. The molecule has 2 rings (SSSR count). The van der Waals surface area contributed by atoms with E-state index in [1.807, 2.05) is 19.1 Å². The Kier molecular flexibility index (Phi) is 5.18. The lowest BCUT2D eigenvalue weighted by Gasteiger charge is -2.21. The highest BCUT2D eigenvalue weighted by atomic mass is 16.6. The van der Waals surface area contributed by atoms with Crippen molar-refractivity contribution in [2.75, 3.05) is 6.61 Å². The molecule has 0 saturated carbocycles. The third-order valence-corrected chi connectivity index (χ3v) is 3.56. The minimum absolute atomic E-state index is 0.0589. The third kappa shape index (κ3) is 4.51. The summed E-state index contributed by atoms with van der Waals surface area (Å²) in [5.74, 6) is 0.211. The van der Waals surface area contributed by atoms with Crippen LogP contribution in [0.5, 0.6) is 5.75 Å². The summed E-state index contributed by atoms with van der Waals surface area (Å²) >= 11 is 0. The first-order valence-electron chi connectivity index (χ1n) is 7.62. The molecule has 1 aromatic heterocycles. The van der Waals surface area contributed by atoms with E-state index < -0.39 is 17.0 Å². The van der Waals surface area contributed by atoms with Gasteiger partial charge in [-0.15, -0.1) is 0 Å². The molecule has 0 amide bonds. The van der Waals surface area contributed by atoms with Gasteiger partial charge in [-0.1, -0.05) is 37.9 Å². The van der Waals surface area contributed by atoms with Crippen LogP contribution in [0.25, 0.3) is 0 Å². The van der Waals surface area contributed by atoms with Crippen molar-refractivity contribution in [3.63, 3.8) is 0 Å². The Bertz CT molecular complexity index is 721. The SMILES string of the molecule is Cc1cc(C(C)(C)C)ccc1OCC(O)Cn1cnc([N+](=O)[O-])n1. The van der Waals surface area contributed by atoms with Crippen LogP contribution in [0.1, 0.15) is 31.9 Å². The van der Waals surface area contributed by atoms with E-state index in [-0.39, 0.29) is 18.6 Å². The lowest BCUT2D eigenvalue weighted by Crippen LogP contribution is -2.24. The fraction of sp³-hybridized carbons (Fsp3) is 0.500. The lowest BCUT2D eigenvalue weighted by molar-refractivity contribution is -0.394. The Balaban J connectivity index is 1.93. The van der Waals surface area contributed by atoms with Gasteiger partial charge in [0.2, 0.25) is 6.33 Å². The summed E-state index contributed by atoms with van der Waals surface area (Å²) in [6.45, 7) is 8.51. The molecule has 8 nitrogen and oxygen atoms in total. The highest BCUT2D eigenvalue weighted by molar-refractivity contribution is 5.38. The molecule has 0 aliphatic rings. The molecule has 2 aromatic rings. The molecule has 8 heteroatoms. The molecule has 1 heterocycles. The monoisotopic (exact) mass is 334 g/mol. The minimum atomic E-state index is -0.854. The van der Waals surface area contributed by atoms with Crippen LogP contribution >= 0.6 is 0 Å². The zero-order valence-corrected chi connectivity index (χ0v) is 14.3. The molecule has 1 N–H and O–H groups in total. The van der Waals surface area contributed by atoms with Gasteiger partial charge in [0.05, 0.1) is 6.54 Å². The third-order valence-electron chi connectivity index (χ3n) is 3.56. The molecule has 130 valence electrons. The van der Waals surface area contributed by atoms with Gasteiger partial charge < -0.3 is 20.0 Å². The molecule has 0 saturated heterocycles. The summed E-state index contributed by atoms with van der Waals surface area (Å²) in [7, 11) is 0. The maximum atomic E-state index is 10.5. The quantitative estimate of drug-likeness (QED) is 0.642. The smallest absolute Gasteiger partial charge is 0.490 e. The van der Waals surface area contributed by atoms with E-state index in [9.17, 15) is 15.2 Å². The maximum absolute atomic E-state index is 10.5. The van der Waals surface area contributed by atoms with Gasteiger partial charge in [-0.3, -0.25) is 0 Å². The second-order valence-corrected chi connectivity index (χ2v) is 6.72. The van der Waals surface area contributed by atoms with Crippen molar-refractivity contribution in [3.05, 3.63) is 45.8 Å². The van der Waals surface area contributed by atoms with Crippen LogP contribution in [0.4, 0.5) is 5.95 Å². The van der Waals surface area contributed by atoms with Crippen molar-refractivity contribution in [3.8, 4) is 5.75 Å². The molecule has 24 heavy (non-hydrogen) atoms. The van der Waals surface area contributed by atoms with Crippen LogP contribution in [0, 0.1) is 17.0 Å². The molecule has 0 aliphatic carbocycles. The Morgan fingerprint density at radius 3 is 2.67 bits per heavy atom. The van der Waals surface area contributed by atoms with E-state index >= 15 is 0 Å². The van der Waals surface area contributed by atoms with Crippen molar-refractivity contribution in [2.45, 2.75) is 45.8 Å². The summed E-state index contributed by atoms with van der Waals surface area (Å²) in [5, 5.41) is 24.2. The van der Waals surface area contributed by atoms with Gasteiger partial charge in [0.1, 0.15) is 18.5 Å². The van der Waals surface area contributed by atoms with Crippen molar-refractivity contribution >= 4 is 5.95 Å². The second kappa shape index (κ2) is 6.96. The number of hydrogen-bond donors (Lipinski definition) is 1. The normalized spacial score (nSPS) is 12.9. The van der Waals surface area contributed by atoms with Crippen LogP contribution in [0.2, 0.25) is 0 Å². The molecule has 0 bridgehead atoms. The number of aromatic nitrogens is 3. The average molecular weight is 334 g/mol. The standard InChI is InChI=1S/C16H22N4O4/c1-11-7-12(16(2,3)4)5-6-14(11)24-9-13(21)8-19-10-17-15(18-19)20(22)23/h5-7,10,13,21H,8-9H2,1-4H3. The highest BCUT2D eigenvalue weighted by Crippen LogP contribution is 2.27. The molecular weight excluding hydrogens is 312 g/mol. The Labute approximate surface area is 140 Å². The summed E-state index contributed by atoms with van der Waals surface area (Å²) < 4.78 is 6.87. The summed E-state index contributed by atoms with van der Waals surface area (Å²) in [5.41, 5.74) is 2.26. The first-order valence-corrected chi connectivity index (χ1v) is 7.62. The van der Waals surface area contributed by atoms with E-state index in [2.05, 4.69) is 36.9 Å².